The molecule has 0 fully saturated rings. The van der Waals surface area contributed by atoms with E-state index < -0.39 is 11.9 Å². The first-order chi connectivity index (χ1) is 13.0. The molecule has 0 unspecified atom stereocenters. The Labute approximate surface area is 162 Å². The van der Waals surface area contributed by atoms with Crippen LogP contribution in [0.25, 0.3) is 0 Å². The number of hydrogen-bond acceptors (Lipinski definition) is 6. The van der Waals surface area contributed by atoms with Crippen LogP contribution in [0.2, 0.25) is 0 Å². The highest BCUT2D eigenvalue weighted by molar-refractivity contribution is 8.00. The number of esters is 2. The number of amides is 1. The summed E-state index contributed by atoms with van der Waals surface area (Å²) in [4.78, 5) is 35.9. The Hall–Kier alpha value is -2.80. The van der Waals surface area contributed by atoms with Crippen LogP contribution in [0.15, 0.2) is 53.4 Å². The highest BCUT2D eigenvalue weighted by Gasteiger charge is 2.09. The summed E-state index contributed by atoms with van der Waals surface area (Å²) in [7, 11) is 1.32. The third-order valence-corrected chi connectivity index (χ3v) is 4.82. The van der Waals surface area contributed by atoms with E-state index in [4.69, 9.17) is 4.74 Å². The van der Waals surface area contributed by atoms with Crippen LogP contribution in [0, 0.1) is 6.92 Å². The van der Waals surface area contributed by atoms with Gasteiger partial charge >= 0.3 is 11.9 Å². The minimum absolute atomic E-state index is 0.146. The van der Waals surface area contributed by atoms with Crippen molar-refractivity contribution >= 4 is 29.6 Å². The smallest absolute Gasteiger partial charge is 0.337 e. The number of carbonyl (C=O) groups excluding carboxylic acids is 3. The summed E-state index contributed by atoms with van der Waals surface area (Å²) in [5.74, 6) is -1.10. The molecule has 0 heterocycles. The number of aryl methyl sites for hydroxylation is 1. The standard InChI is InChI=1S/C20H21NO5S/c1-14-5-3-4-6-17(14)27-13-19(23)26-12-18(22)21-11-15-7-9-16(10-8-15)20(24)25-2/h3-10H,11-13H2,1-2H3,(H,21,22). The average molecular weight is 387 g/mol. The highest BCUT2D eigenvalue weighted by atomic mass is 32.2. The van der Waals surface area contributed by atoms with Crippen LogP contribution in [-0.2, 0) is 25.6 Å². The molecule has 1 N–H and O–H groups in total. The number of carbonyl (C=O) groups is 3. The van der Waals surface area contributed by atoms with Crippen LogP contribution in [0.5, 0.6) is 0 Å². The van der Waals surface area contributed by atoms with Crippen molar-refractivity contribution in [1.82, 2.24) is 5.32 Å². The molecule has 0 saturated carbocycles. The van der Waals surface area contributed by atoms with Crippen molar-refractivity contribution in [1.29, 1.82) is 0 Å². The van der Waals surface area contributed by atoms with Crippen molar-refractivity contribution in [2.75, 3.05) is 19.5 Å². The second kappa shape index (κ2) is 10.4. The van der Waals surface area contributed by atoms with Crippen LogP contribution in [0.1, 0.15) is 21.5 Å². The Morgan fingerprint density at radius 1 is 1.04 bits per heavy atom. The van der Waals surface area contributed by atoms with Crippen LogP contribution >= 0.6 is 11.8 Å². The molecule has 2 aromatic rings. The Kier molecular flexibility index (Phi) is 7.88. The SMILES string of the molecule is COC(=O)c1ccc(CNC(=O)COC(=O)CSc2ccccc2C)cc1. The zero-order chi connectivity index (χ0) is 19.6. The lowest BCUT2D eigenvalue weighted by molar-refractivity contribution is -0.145. The van der Waals surface area contributed by atoms with E-state index in [1.54, 1.807) is 24.3 Å². The lowest BCUT2D eigenvalue weighted by Gasteiger charge is -2.08. The molecule has 2 rings (SSSR count). The molecule has 0 aliphatic rings. The van der Waals surface area contributed by atoms with Gasteiger partial charge in [0, 0.05) is 11.4 Å². The molecule has 0 aromatic heterocycles. The average Bonchev–Trinajstić information content (AvgIpc) is 2.69. The second-order valence-corrected chi connectivity index (χ2v) is 6.70. The first kappa shape index (κ1) is 20.5. The van der Waals surface area contributed by atoms with E-state index >= 15 is 0 Å². The summed E-state index contributed by atoms with van der Waals surface area (Å²) in [6.07, 6.45) is 0. The Morgan fingerprint density at radius 2 is 1.74 bits per heavy atom. The minimum atomic E-state index is -0.444. The fourth-order valence-corrected chi connectivity index (χ4v) is 3.00. The summed E-state index contributed by atoms with van der Waals surface area (Å²) in [5.41, 5.74) is 2.34. The van der Waals surface area contributed by atoms with E-state index in [1.165, 1.54) is 18.9 Å². The highest BCUT2D eigenvalue weighted by Crippen LogP contribution is 2.21. The van der Waals surface area contributed by atoms with Crippen molar-refractivity contribution in [3.05, 3.63) is 65.2 Å². The van der Waals surface area contributed by atoms with E-state index in [0.29, 0.717) is 5.56 Å². The van der Waals surface area contributed by atoms with Crippen LogP contribution in [0.3, 0.4) is 0 Å². The number of ether oxygens (including phenoxy) is 2. The van der Waals surface area contributed by atoms with Gasteiger partial charge in [0.2, 0.25) is 0 Å². The molecule has 0 aliphatic heterocycles. The van der Waals surface area contributed by atoms with Crippen molar-refractivity contribution in [3.8, 4) is 0 Å². The summed E-state index contributed by atoms with van der Waals surface area (Å²) in [6.45, 7) is 1.92. The third-order valence-electron chi connectivity index (χ3n) is 3.67. The Balaban J connectivity index is 1.69. The number of hydrogen-bond donors (Lipinski definition) is 1. The predicted octanol–water partition coefficient (Wildman–Crippen LogP) is 2.73. The van der Waals surface area contributed by atoms with E-state index in [9.17, 15) is 14.4 Å². The first-order valence-corrected chi connectivity index (χ1v) is 9.26. The minimum Gasteiger partial charge on any atom is -0.465 e. The second-order valence-electron chi connectivity index (χ2n) is 5.68. The molecule has 0 spiro atoms. The molecule has 0 aliphatic carbocycles. The lowest BCUT2D eigenvalue weighted by Crippen LogP contribution is -2.28. The van der Waals surface area contributed by atoms with Gasteiger partial charge in [-0.2, -0.15) is 0 Å². The van der Waals surface area contributed by atoms with Crippen molar-refractivity contribution in [2.24, 2.45) is 0 Å². The van der Waals surface area contributed by atoms with Gasteiger partial charge < -0.3 is 14.8 Å². The summed E-state index contributed by atoms with van der Waals surface area (Å²) >= 11 is 1.38. The van der Waals surface area contributed by atoms with E-state index in [0.717, 1.165) is 16.0 Å². The number of methoxy groups -OCH3 is 1. The molecule has 0 atom stereocenters. The fraction of sp³-hybridized carbons (Fsp3) is 0.250. The van der Waals surface area contributed by atoms with E-state index in [2.05, 4.69) is 10.1 Å². The molecule has 6 nitrogen and oxygen atoms in total. The van der Waals surface area contributed by atoms with Gasteiger partial charge in [0.1, 0.15) is 0 Å². The Morgan fingerprint density at radius 3 is 2.41 bits per heavy atom. The van der Waals surface area contributed by atoms with Crippen molar-refractivity contribution in [3.63, 3.8) is 0 Å². The largest absolute Gasteiger partial charge is 0.465 e. The quantitative estimate of drug-likeness (QED) is 0.554. The molecule has 1 amide bonds. The molecule has 0 bridgehead atoms. The molecule has 2 aromatic carbocycles. The van der Waals surface area contributed by atoms with Crippen molar-refractivity contribution < 1.29 is 23.9 Å². The molecule has 0 radical (unpaired) electrons. The van der Waals surface area contributed by atoms with Gasteiger partial charge in [-0.05, 0) is 36.2 Å². The molecule has 7 heteroatoms. The van der Waals surface area contributed by atoms with Gasteiger partial charge in [-0.15, -0.1) is 11.8 Å². The van der Waals surface area contributed by atoms with Gasteiger partial charge in [0.15, 0.2) is 6.61 Å². The summed E-state index contributed by atoms with van der Waals surface area (Å²) < 4.78 is 9.61. The molecular weight excluding hydrogens is 366 g/mol. The van der Waals surface area contributed by atoms with Crippen LogP contribution in [0.4, 0.5) is 0 Å². The monoisotopic (exact) mass is 387 g/mol. The van der Waals surface area contributed by atoms with Crippen molar-refractivity contribution in [2.45, 2.75) is 18.4 Å². The van der Waals surface area contributed by atoms with Gasteiger partial charge in [0.05, 0.1) is 18.4 Å². The number of nitrogens with one attached hydrogen (secondary N) is 1. The van der Waals surface area contributed by atoms with Crippen LogP contribution in [-0.4, -0.2) is 37.3 Å². The molecular formula is C20H21NO5S. The zero-order valence-corrected chi connectivity index (χ0v) is 16.0. The maximum atomic E-state index is 11.8. The zero-order valence-electron chi connectivity index (χ0n) is 15.2. The molecule has 0 saturated heterocycles. The third kappa shape index (κ3) is 6.79. The number of rotatable bonds is 8. The van der Waals surface area contributed by atoms with Gasteiger partial charge in [-0.1, -0.05) is 30.3 Å². The summed E-state index contributed by atoms with van der Waals surface area (Å²) in [5, 5.41) is 2.66. The maximum absolute atomic E-state index is 11.8. The van der Waals surface area contributed by atoms with Gasteiger partial charge in [-0.25, -0.2) is 4.79 Å². The molecule has 142 valence electrons. The van der Waals surface area contributed by atoms with E-state index in [1.807, 2.05) is 31.2 Å². The lowest BCUT2D eigenvalue weighted by atomic mass is 10.1. The van der Waals surface area contributed by atoms with Gasteiger partial charge in [-0.3, -0.25) is 9.59 Å². The molecule has 27 heavy (non-hydrogen) atoms. The maximum Gasteiger partial charge on any atom is 0.337 e. The topological polar surface area (TPSA) is 81.7 Å². The fourth-order valence-electron chi connectivity index (χ4n) is 2.17. The normalized spacial score (nSPS) is 10.1. The Bertz CT molecular complexity index is 804. The van der Waals surface area contributed by atoms with Gasteiger partial charge in [0.25, 0.3) is 5.91 Å². The van der Waals surface area contributed by atoms with Crippen LogP contribution < -0.4 is 5.32 Å². The first-order valence-electron chi connectivity index (χ1n) is 8.27. The predicted molar refractivity (Wildman–Crippen MR) is 102 cm³/mol. The number of benzene rings is 2. The summed E-state index contributed by atoms with van der Waals surface area (Å²) in [6, 6.07) is 14.4. The van der Waals surface area contributed by atoms with E-state index in [-0.39, 0.29) is 24.8 Å². The number of thioether (sulfide) groups is 1.